The highest BCUT2D eigenvalue weighted by molar-refractivity contribution is 6.41. The molecule has 2 heterocycles. The SMILES string of the molecule is COc1cc(Cl)nc(-n2ncc(Cl)c(Cl)c2=O)n1. The molecule has 0 saturated carbocycles. The molecule has 0 fully saturated rings. The fourth-order valence-electron chi connectivity index (χ4n) is 1.14. The third-order valence-corrected chi connectivity index (χ3v) is 2.88. The molecule has 0 aliphatic carbocycles. The van der Waals surface area contributed by atoms with Gasteiger partial charge in [0.2, 0.25) is 5.88 Å². The second-order valence-electron chi connectivity index (χ2n) is 3.06. The number of halogens is 3. The minimum atomic E-state index is -0.645. The minimum Gasteiger partial charge on any atom is -0.481 e. The van der Waals surface area contributed by atoms with Crippen LogP contribution >= 0.6 is 34.8 Å². The van der Waals surface area contributed by atoms with Gasteiger partial charge in [-0.25, -0.2) is 0 Å². The number of aromatic nitrogens is 4. The van der Waals surface area contributed by atoms with E-state index < -0.39 is 5.56 Å². The molecule has 94 valence electrons. The summed E-state index contributed by atoms with van der Waals surface area (Å²) in [6, 6.07) is 1.40. The van der Waals surface area contributed by atoms with Crippen LogP contribution < -0.4 is 10.3 Å². The molecule has 0 aromatic carbocycles. The summed E-state index contributed by atoms with van der Waals surface area (Å²) in [6.07, 6.45) is 1.21. The summed E-state index contributed by atoms with van der Waals surface area (Å²) in [5.74, 6) is 0.146. The second kappa shape index (κ2) is 5.09. The van der Waals surface area contributed by atoms with Gasteiger partial charge in [-0.2, -0.15) is 19.7 Å². The van der Waals surface area contributed by atoms with Gasteiger partial charge >= 0.3 is 0 Å². The van der Waals surface area contributed by atoms with Crippen molar-refractivity contribution in [1.82, 2.24) is 19.7 Å². The molecule has 0 atom stereocenters. The fraction of sp³-hybridized carbons (Fsp3) is 0.111. The normalized spacial score (nSPS) is 10.4. The van der Waals surface area contributed by atoms with E-state index >= 15 is 0 Å². The second-order valence-corrected chi connectivity index (χ2v) is 4.23. The van der Waals surface area contributed by atoms with Crippen molar-refractivity contribution >= 4 is 34.8 Å². The maximum Gasteiger partial charge on any atom is 0.294 e. The molecule has 0 aliphatic rings. The molecule has 2 aromatic heterocycles. The molecule has 0 unspecified atom stereocenters. The van der Waals surface area contributed by atoms with Crippen LogP contribution in [-0.4, -0.2) is 26.9 Å². The monoisotopic (exact) mass is 306 g/mol. The summed E-state index contributed by atoms with van der Waals surface area (Å²) in [6.45, 7) is 0. The average Bonchev–Trinajstić information content (AvgIpc) is 2.35. The van der Waals surface area contributed by atoms with Gasteiger partial charge in [-0.3, -0.25) is 4.79 Å². The van der Waals surface area contributed by atoms with Crippen molar-refractivity contribution in [2.75, 3.05) is 7.11 Å². The topological polar surface area (TPSA) is 69.9 Å². The van der Waals surface area contributed by atoms with Crippen molar-refractivity contribution in [2.24, 2.45) is 0 Å². The van der Waals surface area contributed by atoms with Crippen LogP contribution in [-0.2, 0) is 0 Å². The molecular formula is C9H5Cl3N4O2. The molecule has 2 aromatic rings. The Morgan fingerprint density at radius 3 is 2.67 bits per heavy atom. The molecule has 6 nitrogen and oxygen atoms in total. The summed E-state index contributed by atoms with van der Waals surface area (Å²) < 4.78 is 5.79. The summed E-state index contributed by atoms with van der Waals surface area (Å²) in [5.41, 5.74) is -0.645. The van der Waals surface area contributed by atoms with Gasteiger partial charge in [-0.1, -0.05) is 34.8 Å². The van der Waals surface area contributed by atoms with Crippen molar-refractivity contribution < 1.29 is 4.74 Å². The largest absolute Gasteiger partial charge is 0.481 e. The van der Waals surface area contributed by atoms with Crippen molar-refractivity contribution in [1.29, 1.82) is 0 Å². The maximum absolute atomic E-state index is 11.8. The minimum absolute atomic E-state index is 0.0481. The summed E-state index contributed by atoms with van der Waals surface area (Å²) >= 11 is 17.2. The first-order chi connectivity index (χ1) is 8.52. The van der Waals surface area contributed by atoms with E-state index in [1.807, 2.05) is 0 Å². The molecule has 9 heteroatoms. The number of rotatable bonds is 2. The Morgan fingerprint density at radius 2 is 2.00 bits per heavy atom. The summed E-state index contributed by atoms with van der Waals surface area (Å²) in [4.78, 5) is 19.6. The Bertz CT molecular complexity index is 659. The Labute approximate surface area is 116 Å². The van der Waals surface area contributed by atoms with Gasteiger partial charge in [-0.15, -0.1) is 0 Å². The van der Waals surface area contributed by atoms with E-state index in [1.54, 1.807) is 0 Å². The van der Waals surface area contributed by atoms with Crippen LogP contribution in [0, 0.1) is 0 Å². The summed E-state index contributed by atoms with van der Waals surface area (Å²) in [7, 11) is 1.41. The van der Waals surface area contributed by atoms with Crippen molar-refractivity contribution in [2.45, 2.75) is 0 Å². The van der Waals surface area contributed by atoms with Crippen LogP contribution in [0.3, 0.4) is 0 Å². The van der Waals surface area contributed by atoms with Crippen LogP contribution in [0.5, 0.6) is 5.88 Å². The van der Waals surface area contributed by atoms with E-state index in [0.717, 1.165) is 4.68 Å². The molecule has 0 bridgehead atoms. The fourth-order valence-corrected chi connectivity index (χ4v) is 1.56. The first-order valence-electron chi connectivity index (χ1n) is 4.55. The van der Waals surface area contributed by atoms with Crippen molar-refractivity contribution in [3.8, 4) is 11.8 Å². The Balaban J connectivity index is 2.66. The maximum atomic E-state index is 11.8. The highest BCUT2D eigenvalue weighted by Crippen LogP contribution is 2.17. The Hall–Kier alpha value is -1.37. The molecule has 0 amide bonds. The Morgan fingerprint density at radius 1 is 1.28 bits per heavy atom. The van der Waals surface area contributed by atoms with Gasteiger partial charge < -0.3 is 4.74 Å². The van der Waals surface area contributed by atoms with Gasteiger partial charge in [-0.05, 0) is 0 Å². The van der Waals surface area contributed by atoms with Crippen molar-refractivity contribution in [3.05, 3.63) is 37.8 Å². The zero-order valence-corrected chi connectivity index (χ0v) is 11.2. The smallest absolute Gasteiger partial charge is 0.294 e. The Kier molecular flexibility index (Phi) is 3.70. The van der Waals surface area contributed by atoms with E-state index in [-0.39, 0.29) is 27.0 Å². The standard InChI is InChI=1S/C9H5Cl3N4O2/c1-18-6-2-5(11)14-9(15-6)16-8(17)7(12)4(10)3-13-16/h2-3H,1H3. The number of hydrogen-bond acceptors (Lipinski definition) is 5. The average molecular weight is 308 g/mol. The molecule has 2 rings (SSSR count). The number of methoxy groups -OCH3 is 1. The molecule has 0 radical (unpaired) electrons. The lowest BCUT2D eigenvalue weighted by molar-refractivity contribution is 0.395. The number of nitrogens with zero attached hydrogens (tertiary/aromatic N) is 4. The third kappa shape index (κ3) is 2.40. The van der Waals surface area contributed by atoms with Crippen LogP contribution in [0.25, 0.3) is 5.95 Å². The lowest BCUT2D eigenvalue weighted by Crippen LogP contribution is -2.23. The van der Waals surface area contributed by atoms with Crippen LogP contribution in [0.15, 0.2) is 17.1 Å². The van der Waals surface area contributed by atoms with Gasteiger partial charge in [0.15, 0.2) is 0 Å². The van der Waals surface area contributed by atoms with E-state index in [4.69, 9.17) is 39.5 Å². The molecule has 0 saturated heterocycles. The zero-order valence-electron chi connectivity index (χ0n) is 8.89. The quantitative estimate of drug-likeness (QED) is 0.794. The van der Waals surface area contributed by atoms with Crippen LogP contribution in [0.1, 0.15) is 0 Å². The predicted molar refractivity (Wildman–Crippen MR) is 67.0 cm³/mol. The molecule has 18 heavy (non-hydrogen) atoms. The highest BCUT2D eigenvalue weighted by atomic mass is 35.5. The van der Waals surface area contributed by atoms with E-state index in [1.165, 1.54) is 19.4 Å². The molecule has 0 spiro atoms. The molecular weight excluding hydrogens is 302 g/mol. The van der Waals surface area contributed by atoms with Gasteiger partial charge in [0.25, 0.3) is 11.5 Å². The van der Waals surface area contributed by atoms with Crippen LogP contribution in [0.2, 0.25) is 15.2 Å². The highest BCUT2D eigenvalue weighted by Gasteiger charge is 2.13. The first kappa shape index (κ1) is 13.1. The van der Waals surface area contributed by atoms with E-state index in [0.29, 0.717) is 0 Å². The van der Waals surface area contributed by atoms with Crippen LogP contribution in [0.4, 0.5) is 0 Å². The molecule has 0 aliphatic heterocycles. The van der Waals surface area contributed by atoms with Crippen molar-refractivity contribution in [3.63, 3.8) is 0 Å². The number of hydrogen-bond donors (Lipinski definition) is 0. The van der Waals surface area contributed by atoms with Gasteiger partial charge in [0, 0.05) is 6.07 Å². The summed E-state index contributed by atoms with van der Waals surface area (Å²) in [5, 5.41) is 3.76. The van der Waals surface area contributed by atoms with Gasteiger partial charge in [0.1, 0.15) is 10.2 Å². The lowest BCUT2D eigenvalue weighted by Gasteiger charge is -2.05. The van der Waals surface area contributed by atoms with E-state index in [2.05, 4.69) is 15.1 Å². The van der Waals surface area contributed by atoms with Gasteiger partial charge in [0.05, 0.1) is 18.3 Å². The zero-order chi connectivity index (χ0) is 13.3. The molecule has 0 N–H and O–H groups in total. The number of ether oxygens (including phenoxy) is 1. The van der Waals surface area contributed by atoms with E-state index in [9.17, 15) is 4.79 Å². The lowest BCUT2D eigenvalue weighted by atomic mass is 10.5. The first-order valence-corrected chi connectivity index (χ1v) is 5.68. The third-order valence-electron chi connectivity index (χ3n) is 1.93. The predicted octanol–water partition coefficient (Wildman–Crippen LogP) is 1.99.